The predicted octanol–water partition coefficient (Wildman–Crippen LogP) is 11.8. The Labute approximate surface area is 346 Å². The van der Waals surface area contributed by atoms with E-state index in [9.17, 15) is 0 Å². The van der Waals surface area contributed by atoms with Gasteiger partial charge in [-0.05, 0) is 0 Å². The van der Waals surface area contributed by atoms with Crippen molar-refractivity contribution >= 4 is 35.4 Å². The third kappa shape index (κ3) is 5.84. The molecule has 0 spiro atoms. The van der Waals surface area contributed by atoms with Gasteiger partial charge in [-0.3, -0.25) is 0 Å². The number of allylic oxidation sites excluding steroid dienone is 2. The molecule has 0 N–H and O–H groups in total. The molecule has 1 heterocycles. The molecular weight excluding hydrogens is 855 g/mol. The zero-order chi connectivity index (χ0) is 39.2. The van der Waals surface area contributed by atoms with Crippen molar-refractivity contribution in [3.8, 4) is 33.4 Å². The molecule has 0 aromatic heterocycles. The van der Waals surface area contributed by atoms with Crippen LogP contribution in [0.5, 0.6) is 0 Å². The molecule has 0 saturated carbocycles. The first-order chi connectivity index (χ1) is 27.0. The Morgan fingerprint density at radius 3 is 1.43 bits per heavy atom. The van der Waals surface area contributed by atoms with Crippen molar-refractivity contribution in [2.75, 3.05) is 0 Å². The molecule has 1 aliphatic heterocycles. The van der Waals surface area contributed by atoms with Gasteiger partial charge in [-0.25, -0.2) is 0 Å². The third-order valence-electron chi connectivity index (χ3n) is 14.0. The van der Waals surface area contributed by atoms with E-state index in [0.717, 1.165) is 0 Å². The maximum atomic E-state index is 2.68. The zero-order valence-electron chi connectivity index (χ0n) is 35.0. The molecule has 279 valence electrons. The van der Waals surface area contributed by atoms with E-state index in [1.165, 1.54) is 77.9 Å². The summed E-state index contributed by atoms with van der Waals surface area (Å²) in [4.78, 5) is 0. The number of rotatable bonds is 7. The molecule has 2 atom stereocenters. The Bertz CT molecular complexity index is 2510. The molecule has 0 nitrogen and oxygen atoms in total. The minimum absolute atomic E-state index is 0.462. The molecule has 0 fully saturated rings. The summed E-state index contributed by atoms with van der Waals surface area (Å²) in [7, 11) is -0.622. The Balaban J connectivity index is 1.32. The number of hydrogen-bond acceptors (Lipinski definition) is 0. The van der Waals surface area contributed by atoms with Crippen LogP contribution < -0.4 is 13.7 Å². The fourth-order valence-corrected chi connectivity index (χ4v) is 31.0. The molecule has 2 heteroatoms. The summed E-state index contributed by atoms with van der Waals surface area (Å²) < 4.78 is 2.73. The average molecular weight is 911 g/mol. The summed E-state index contributed by atoms with van der Waals surface area (Å²) in [6.45, 7) is 23.6. The number of benzene rings is 6. The van der Waals surface area contributed by atoms with Crippen LogP contribution in [0.2, 0.25) is 0 Å². The molecule has 56 heavy (non-hydrogen) atoms. The fourth-order valence-electron chi connectivity index (χ4n) is 10.4. The van der Waals surface area contributed by atoms with Gasteiger partial charge in [-0.1, -0.05) is 0 Å². The van der Waals surface area contributed by atoms with Crippen molar-refractivity contribution in [3.05, 3.63) is 170 Å². The van der Waals surface area contributed by atoms with E-state index in [4.69, 9.17) is 0 Å². The van der Waals surface area contributed by atoms with Crippen LogP contribution >= 0.6 is 0 Å². The second kappa shape index (κ2) is 14.4. The van der Waals surface area contributed by atoms with Crippen LogP contribution in [-0.2, 0) is 21.4 Å². The van der Waals surface area contributed by atoms with Gasteiger partial charge in [0.2, 0.25) is 0 Å². The van der Waals surface area contributed by atoms with Crippen LogP contribution in [0.1, 0.15) is 90.7 Å². The van der Waals surface area contributed by atoms with E-state index in [2.05, 4.69) is 185 Å². The summed E-state index contributed by atoms with van der Waals surface area (Å²) in [6.07, 6.45) is 5.36. The summed E-state index contributed by atoms with van der Waals surface area (Å²) >= 11 is -3.15. The van der Waals surface area contributed by atoms with Crippen LogP contribution in [0.3, 0.4) is 0 Å². The van der Waals surface area contributed by atoms with Gasteiger partial charge in [0, 0.05) is 0 Å². The van der Waals surface area contributed by atoms with Gasteiger partial charge >= 0.3 is 349 Å². The first-order valence-electron chi connectivity index (χ1n) is 20.9. The van der Waals surface area contributed by atoms with Gasteiger partial charge in [-0.2, -0.15) is 0 Å². The van der Waals surface area contributed by atoms with Crippen LogP contribution in [0.4, 0.5) is 0 Å². The molecular formula is C54H55HfSi. The molecule has 2 unspecified atom stereocenters. The van der Waals surface area contributed by atoms with Crippen LogP contribution in [0, 0.1) is 53.4 Å². The first-order valence-corrected chi connectivity index (χ1v) is 28.2. The molecule has 0 bridgehead atoms. The topological polar surface area (TPSA) is 0 Å². The second-order valence-corrected chi connectivity index (χ2v) is 28.7. The Hall–Kier alpha value is -4.11. The third-order valence-corrected chi connectivity index (χ3v) is 30.4. The summed E-state index contributed by atoms with van der Waals surface area (Å²) in [5, 5.41) is 3.38. The molecule has 6 aromatic carbocycles. The fraction of sp³-hybridized carbons (Fsp3) is 0.259. The average Bonchev–Trinajstić information content (AvgIpc) is 3.89. The quantitative estimate of drug-likeness (QED) is 0.140. The second-order valence-electron chi connectivity index (χ2n) is 17.6. The Kier molecular flexibility index (Phi) is 9.61. The van der Waals surface area contributed by atoms with Gasteiger partial charge in [0.1, 0.15) is 0 Å². The van der Waals surface area contributed by atoms with Crippen molar-refractivity contribution in [3.63, 3.8) is 0 Å². The molecule has 0 radical (unpaired) electrons. The van der Waals surface area contributed by atoms with E-state index in [-0.39, 0.29) is 0 Å². The summed E-state index contributed by atoms with van der Waals surface area (Å²) in [5.74, 6) is 0.924. The van der Waals surface area contributed by atoms with Gasteiger partial charge < -0.3 is 0 Å². The zero-order valence-corrected chi connectivity index (χ0v) is 40.0. The summed E-state index contributed by atoms with van der Waals surface area (Å²) in [6, 6.07) is 41.0. The Morgan fingerprint density at radius 1 is 0.446 bits per heavy atom. The SMILES string of the molecule is Cc1ccc(-c2cccc3c2C=C(C(C)C)[CH]3[Hf]([c]2cccc3c2[SiH2]c2ccccc2-3)[CH]2C(C(C)C)=Cc3c(-c4ccc(C)c(C)c4C)cccc32)c(C)c1C. The first kappa shape index (κ1) is 37.5. The molecule has 9 rings (SSSR count). The van der Waals surface area contributed by atoms with Crippen molar-refractivity contribution in [2.24, 2.45) is 11.8 Å². The van der Waals surface area contributed by atoms with Gasteiger partial charge in [0.25, 0.3) is 0 Å². The molecule has 0 amide bonds. The normalized spacial score (nSPS) is 16.9. The van der Waals surface area contributed by atoms with Gasteiger partial charge in [-0.15, -0.1) is 0 Å². The number of hydrogen-bond donors (Lipinski definition) is 0. The number of aryl methyl sites for hydroxylation is 2. The van der Waals surface area contributed by atoms with Crippen molar-refractivity contribution in [2.45, 2.75) is 76.6 Å². The predicted molar refractivity (Wildman–Crippen MR) is 243 cm³/mol. The minimum atomic E-state index is -3.15. The Morgan fingerprint density at radius 2 is 0.911 bits per heavy atom. The van der Waals surface area contributed by atoms with Crippen LogP contribution in [-0.4, -0.2) is 9.52 Å². The maximum absolute atomic E-state index is 3.15. The number of fused-ring (bicyclic) bond motifs is 5. The summed E-state index contributed by atoms with van der Waals surface area (Å²) in [5.41, 5.74) is 26.5. The van der Waals surface area contributed by atoms with Crippen molar-refractivity contribution in [1.82, 2.24) is 0 Å². The standard InChI is InChI=1S/2C21H23.C12H9Si.Hf/c2*1-13(2)18-11-17-7-6-8-20(21(17)12-18)19-10-9-14(3)15(4)16(19)5;1-3-7-11-9(5-1)10-6-2-4-8-12(10)13-11;/h2*6-13H,1-5H3;1-7H,13H2;. The van der Waals surface area contributed by atoms with E-state index >= 15 is 0 Å². The van der Waals surface area contributed by atoms with Crippen molar-refractivity contribution < 1.29 is 21.4 Å². The van der Waals surface area contributed by atoms with Gasteiger partial charge in [0.05, 0.1) is 0 Å². The van der Waals surface area contributed by atoms with E-state index in [1.54, 1.807) is 36.0 Å². The van der Waals surface area contributed by atoms with E-state index in [0.29, 0.717) is 19.2 Å². The monoisotopic (exact) mass is 911 g/mol. The molecule has 2 aliphatic carbocycles. The molecule has 6 aromatic rings. The van der Waals surface area contributed by atoms with Crippen LogP contribution in [0.15, 0.2) is 114 Å². The van der Waals surface area contributed by atoms with Crippen molar-refractivity contribution in [1.29, 1.82) is 0 Å². The van der Waals surface area contributed by atoms with E-state index < -0.39 is 31.0 Å². The molecule has 3 aliphatic rings. The van der Waals surface area contributed by atoms with Crippen LogP contribution in [0.25, 0.3) is 45.5 Å². The molecule has 0 saturated heterocycles. The van der Waals surface area contributed by atoms with Gasteiger partial charge in [0.15, 0.2) is 0 Å². The van der Waals surface area contributed by atoms with E-state index in [1.807, 2.05) is 0 Å².